The molecule has 0 spiro atoms. The molecule has 0 aromatic carbocycles. The van der Waals surface area contributed by atoms with Crippen LogP contribution in [0.3, 0.4) is 0 Å². The Hall–Kier alpha value is -1.34. The van der Waals surface area contributed by atoms with Crippen LogP contribution in [-0.4, -0.2) is 42.6 Å². The molecule has 0 aromatic rings. The van der Waals surface area contributed by atoms with Gasteiger partial charge in [-0.3, -0.25) is 4.79 Å². The number of carbonyl (C=O) groups is 1. The Kier molecular flexibility index (Phi) is 4.08. The van der Waals surface area contributed by atoms with E-state index in [1.54, 1.807) is 23.3 Å². The van der Waals surface area contributed by atoms with Gasteiger partial charge in [0.1, 0.15) is 0 Å². The second-order valence-electron chi connectivity index (χ2n) is 3.48. The monoisotopic (exact) mass is 245 g/mol. The molecule has 0 aliphatic carbocycles. The minimum Gasteiger partial charge on any atom is -0.748 e. The van der Waals surface area contributed by atoms with E-state index in [4.69, 9.17) is 5.73 Å². The molecule has 90 valence electrons. The molecule has 2 N–H and O–H groups in total. The quantitative estimate of drug-likeness (QED) is 0.636. The third-order valence-corrected chi connectivity index (χ3v) is 2.91. The number of amides is 1. The van der Waals surface area contributed by atoms with E-state index in [0.717, 1.165) is 0 Å². The summed E-state index contributed by atoms with van der Waals surface area (Å²) in [6.45, 7) is 0.757. The van der Waals surface area contributed by atoms with Gasteiger partial charge in [0.05, 0.1) is 10.1 Å². The molecule has 0 bridgehead atoms. The lowest BCUT2D eigenvalue weighted by Crippen LogP contribution is -2.29. The summed E-state index contributed by atoms with van der Waals surface area (Å²) in [7, 11) is -4.16. The minimum atomic E-state index is -4.16. The predicted molar refractivity (Wildman–Crippen MR) is 57.2 cm³/mol. The van der Waals surface area contributed by atoms with Gasteiger partial charge in [-0.1, -0.05) is 6.08 Å². The van der Waals surface area contributed by atoms with Crippen molar-refractivity contribution in [1.82, 2.24) is 4.90 Å². The summed E-state index contributed by atoms with van der Waals surface area (Å²) >= 11 is 0. The first-order valence-corrected chi connectivity index (χ1v) is 6.31. The summed E-state index contributed by atoms with van der Waals surface area (Å²) < 4.78 is 31.1. The van der Waals surface area contributed by atoms with Gasteiger partial charge in [-0.05, 0) is 18.7 Å². The van der Waals surface area contributed by atoms with Gasteiger partial charge in [0, 0.05) is 24.4 Å². The Balaban J connectivity index is 2.39. The summed E-state index contributed by atoms with van der Waals surface area (Å²) in [5.41, 5.74) is 5.58. The van der Waals surface area contributed by atoms with Gasteiger partial charge in [-0.2, -0.15) is 0 Å². The molecule has 1 heterocycles. The van der Waals surface area contributed by atoms with Gasteiger partial charge in [0.15, 0.2) is 0 Å². The molecule has 0 radical (unpaired) electrons. The van der Waals surface area contributed by atoms with E-state index in [1.807, 2.05) is 0 Å². The van der Waals surface area contributed by atoms with Crippen LogP contribution in [0.2, 0.25) is 0 Å². The van der Waals surface area contributed by atoms with Crippen molar-refractivity contribution in [1.29, 1.82) is 0 Å². The van der Waals surface area contributed by atoms with Crippen LogP contribution in [0.15, 0.2) is 23.9 Å². The standard InChI is InChI=1S/C9H14N2O4S/c10-9(12)8-3-1-4-11(7-8)5-2-6-16(13,14)15/h1,3-4H,2,5-7H2,(H2,10,12)(H,13,14,15)/p-1. The van der Waals surface area contributed by atoms with Gasteiger partial charge >= 0.3 is 0 Å². The maximum atomic E-state index is 10.9. The maximum Gasteiger partial charge on any atom is 0.246 e. The van der Waals surface area contributed by atoms with Gasteiger partial charge in [0.25, 0.3) is 0 Å². The first-order valence-electron chi connectivity index (χ1n) is 4.73. The Morgan fingerprint density at radius 3 is 2.81 bits per heavy atom. The first kappa shape index (κ1) is 12.7. The number of nitrogens with zero attached hydrogens (tertiary/aromatic N) is 1. The molecular weight excluding hydrogens is 232 g/mol. The molecule has 0 aromatic heterocycles. The largest absolute Gasteiger partial charge is 0.748 e. The van der Waals surface area contributed by atoms with Crippen molar-refractivity contribution in [2.75, 3.05) is 18.8 Å². The van der Waals surface area contributed by atoms with Crippen LogP contribution in [0.1, 0.15) is 6.42 Å². The highest BCUT2D eigenvalue weighted by Gasteiger charge is 2.11. The number of allylic oxidation sites excluding steroid dienone is 2. The fraction of sp³-hybridized carbons (Fsp3) is 0.444. The van der Waals surface area contributed by atoms with Crippen LogP contribution >= 0.6 is 0 Å². The molecule has 0 saturated heterocycles. The van der Waals surface area contributed by atoms with E-state index in [-0.39, 0.29) is 6.42 Å². The third-order valence-electron chi connectivity index (χ3n) is 2.12. The molecule has 1 aliphatic rings. The second kappa shape index (κ2) is 5.13. The lowest BCUT2D eigenvalue weighted by atomic mass is 10.2. The number of rotatable bonds is 5. The molecule has 7 heteroatoms. The fourth-order valence-electron chi connectivity index (χ4n) is 1.36. The number of hydrogen-bond donors (Lipinski definition) is 1. The second-order valence-corrected chi connectivity index (χ2v) is 5.01. The van der Waals surface area contributed by atoms with Crippen LogP contribution in [0.4, 0.5) is 0 Å². The summed E-state index contributed by atoms with van der Waals surface area (Å²) in [5.74, 6) is -0.891. The number of nitrogens with two attached hydrogens (primary N) is 1. The van der Waals surface area contributed by atoms with Crippen molar-refractivity contribution in [2.24, 2.45) is 5.73 Å². The zero-order valence-corrected chi connectivity index (χ0v) is 9.44. The average Bonchev–Trinajstić information content (AvgIpc) is 2.16. The molecule has 0 saturated carbocycles. The van der Waals surface area contributed by atoms with Crippen LogP contribution < -0.4 is 5.73 Å². The minimum absolute atomic E-state index is 0.238. The van der Waals surface area contributed by atoms with Crippen molar-refractivity contribution < 1.29 is 17.8 Å². The number of carbonyl (C=O) groups excluding carboxylic acids is 1. The van der Waals surface area contributed by atoms with Crippen molar-refractivity contribution in [3.63, 3.8) is 0 Å². The predicted octanol–water partition coefficient (Wildman–Crippen LogP) is -0.837. The normalized spacial score (nSPS) is 16.1. The Labute approximate surface area is 94.2 Å². The molecule has 0 fully saturated rings. The average molecular weight is 245 g/mol. The summed E-state index contributed by atoms with van der Waals surface area (Å²) in [6, 6.07) is 0. The highest BCUT2D eigenvalue weighted by atomic mass is 32.2. The number of hydrogen-bond acceptors (Lipinski definition) is 5. The van der Waals surface area contributed by atoms with Gasteiger partial charge in [-0.25, -0.2) is 8.42 Å². The third kappa shape index (κ3) is 4.45. The summed E-state index contributed by atoms with van der Waals surface area (Å²) in [6.07, 6.45) is 5.24. The van der Waals surface area contributed by atoms with E-state index in [1.165, 1.54) is 0 Å². The SMILES string of the molecule is NC(=O)C1=CC=CN(CCCS(=O)(=O)[O-])C1. The van der Waals surface area contributed by atoms with Crippen molar-refractivity contribution in [3.05, 3.63) is 23.9 Å². The molecule has 16 heavy (non-hydrogen) atoms. The first-order chi connectivity index (χ1) is 7.38. The van der Waals surface area contributed by atoms with E-state index >= 15 is 0 Å². The lowest BCUT2D eigenvalue weighted by molar-refractivity contribution is -0.114. The van der Waals surface area contributed by atoms with Gasteiger partial charge < -0.3 is 15.2 Å². The van der Waals surface area contributed by atoms with Crippen molar-refractivity contribution in [2.45, 2.75) is 6.42 Å². The maximum absolute atomic E-state index is 10.9. The zero-order chi connectivity index (χ0) is 12.2. The Bertz CT molecular complexity index is 425. The Morgan fingerprint density at radius 2 is 2.25 bits per heavy atom. The van der Waals surface area contributed by atoms with Crippen molar-refractivity contribution >= 4 is 16.0 Å². The van der Waals surface area contributed by atoms with Crippen LogP contribution in [-0.2, 0) is 14.9 Å². The number of primary amides is 1. The summed E-state index contributed by atoms with van der Waals surface area (Å²) in [5, 5.41) is 0. The highest BCUT2D eigenvalue weighted by Crippen LogP contribution is 2.07. The smallest absolute Gasteiger partial charge is 0.246 e. The lowest BCUT2D eigenvalue weighted by Gasteiger charge is -2.23. The molecule has 1 amide bonds. The van der Waals surface area contributed by atoms with Gasteiger partial charge in [-0.15, -0.1) is 0 Å². The van der Waals surface area contributed by atoms with Crippen LogP contribution in [0.25, 0.3) is 0 Å². The van der Waals surface area contributed by atoms with E-state index < -0.39 is 21.8 Å². The van der Waals surface area contributed by atoms with Crippen molar-refractivity contribution in [3.8, 4) is 0 Å². The van der Waals surface area contributed by atoms with E-state index in [9.17, 15) is 17.8 Å². The molecule has 1 aliphatic heterocycles. The Morgan fingerprint density at radius 1 is 1.56 bits per heavy atom. The van der Waals surface area contributed by atoms with Gasteiger partial charge in [0.2, 0.25) is 5.91 Å². The molecular formula is C9H13N2O4S-. The molecule has 6 nitrogen and oxygen atoms in total. The fourth-order valence-corrected chi connectivity index (χ4v) is 1.85. The topological polar surface area (TPSA) is 104 Å². The molecule has 0 unspecified atom stereocenters. The van der Waals surface area contributed by atoms with E-state index in [0.29, 0.717) is 18.7 Å². The van der Waals surface area contributed by atoms with E-state index in [2.05, 4.69) is 0 Å². The van der Waals surface area contributed by atoms with Crippen LogP contribution in [0.5, 0.6) is 0 Å². The highest BCUT2D eigenvalue weighted by molar-refractivity contribution is 7.85. The van der Waals surface area contributed by atoms with Crippen LogP contribution in [0, 0.1) is 0 Å². The summed E-state index contributed by atoms with van der Waals surface area (Å²) in [4.78, 5) is 12.6. The molecule has 1 rings (SSSR count). The molecule has 0 atom stereocenters. The zero-order valence-electron chi connectivity index (χ0n) is 8.63.